The second-order valence-electron chi connectivity index (χ2n) is 5.71. The Kier molecular flexibility index (Phi) is 7.36. The number of nitrogens with one attached hydrogen (secondary N) is 1. The van der Waals surface area contributed by atoms with E-state index in [1.807, 2.05) is 48.5 Å². The van der Waals surface area contributed by atoms with E-state index in [4.69, 9.17) is 11.6 Å². The lowest BCUT2D eigenvalue weighted by atomic mass is 10.0. The number of pyridine rings is 1. The largest absolute Gasteiger partial charge is 0.338 e. The Morgan fingerprint density at radius 3 is 2.15 bits per heavy atom. The van der Waals surface area contributed by atoms with E-state index >= 15 is 0 Å². The molecule has 27 heavy (non-hydrogen) atoms. The summed E-state index contributed by atoms with van der Waals surface area (Å²) in [5.74, 6) is 0.733. The van der Waals surface area contributed by atoms with Gasteiger partial charge in [-0.25, -0.2) is 0 Å². The van der Waals surface area contributed by atoms with Crippen LogP contribution in [0.2, 0.25) is 5.02 Å². The van der Waals surface area contributed by atoms with Crippen molar-refractivity contribution in [3.8, 4) is 0 Å². The molecule has 0 fully saturated rings. The molecule has 0 aliphatic rings. The molecule has 0 spiro atoms. The van der Waals surface area contributed by atoms with E-state index < -0.39 is 0 Å². The normalized spacial score (nSPS) is 9.96. The van der Waals surface area contributed by atoms with E-state index in [0.29, 0.717) is 5.02 Å². The SMILES string of the molecule is Cl.Cl.Clc1ccc(Nc2nnc(Cc3ccncc3)c3ccccc23)cc1. The van der Waals surface area contributed by atoms with Crippen molar-refractivity contribution in [3.05, 3.63) is 89.3 Å². The lowest BCUT2D eigenvalue weighted by Gasteiger charge is -2.11. The molecule has 0 unspecified atom stereocenters. The lowest BCUT2D eigenvalue weighted by molar-refractivity contribution is 0.960. The van der Waals surface area contributed by atoms with Crippen LogP contribution in [0.15, 0.2) is 73.1 Å². The fourth-order valence-electron chi connectivity index (χ4n) is 2.75. The zero-order valence-corrected chi connectivity index (χ0v) is 16.6. The molecule has 0 saturated carbocycles. The van der Waals surface area contributed by atoms with Crippen molar-refractivity contribution in [1.29, 1.82) is 0 Å². The monoisotopic (exact) mass is 418 g/mol. The van der Waals surface area contributed by atoms with Gasteiger partial charge in [-0.1, -0.05) is 35.9 Å². The minimum Gasteiger partial charge on any atom is -0.338 e. The first-order valence-corrected chi connectivity index (χ1v) is 8.33. The Morgan fingerprint density at radius 2 is 1.44 bits per heavy atom. The fraction of sp³-hybridized carbons (Fsp3) is 0.0500. The molecule has 4 aromatic rings. The van der Waals surface area contributed by atoms with Crippen LogP contribution < -0.4 is 5.32 Å². The van der Waals surface area contributed by atoms with E-state index in [0.717, 1.165) is 40.0 Å². The molecular formula is C20H17Cl3N4. The minimum atomic E-state index is 0. The zero-order chi connectivity index (χ0) is 17.1. The molecule has 4 rings (SSSR count). The number of aromatic nitrogens is 3. The van der Waals surface area contributed by atoms with Crippen LogP contribution in [0.3, 0.4) is 0 Å². The van der Waals surface area contributed by atoms with Crippen LogP contribution in [0.5, 0.6) is 0 Å². The second kappa shape index (κ2) is 9.51. The summed E-state index contributed by atoms with van der Waals surface area (Å²) in [5, 5.41) is 15.0. The maximum absolute atomic E-state index is 5.95. The topological polar surface area (TPSA) is 50.7 Å². The minimum absolute atomic E-state index is 0. The average Bonchev–Trinajstić information content (AvgIpc) is 2.66. The number of fused-ring (bicyclic) bond motifs is 1. The molecule has 2 aromatic carbocycles. The van der Waals surface area contributed by atoms with Crippen molar-refractivity contribution < 1.29 is 0 Å². The number of benzene rings is 2. The van der Waals surface area contributed by atoms with Gasteiger partial charge in [-0.05, 0) is 42.0 Å². The molecule has 1 N–H and O–H groups in total. The average molecular weight is 420 g/mol. The highest BCUT2D eigenvalue weighted by Crippen LogP contribution is 2.27. The summed E-state index contributed by atoms with van der Waals surface area (Å²) in [6.45, 7) is 0. The van der Waals surface area contributed by atoms with Crippen molar-refractivity contribution in [3.63, 3.8) is 0 Å². The third kappa shape index (κ3) is 4.86. The van der Waals surface area contributed by atoms with Crippen molar-refractivity contribution >= 4 is 58.7 Å². The van der Waals surface area contributed by atoms with E-state index in [-0.39, 0.29) is 24.8 Å². The molecule has 0 bridgehead atoms. The number of rotatable bonds is 4. The van der Waals surface area contributed by atoms with Crippen LogP contribution in [0.1, 0.15) is 11.3 Å². The van der Waals surface area contributed by atoms with E-state index in [9.17, 15) is 0 Å². The highest BCUT2D eigenvalue weighted by Gasteiger charge is 2.10. The highest BCUT2D eigenvalue weighted by molar-refractivity contribution is 6.30. The molecule has 0 amide bonds. The highest BCUT2D eigenvalue weighted by atomic mass is 35.5. The summed E-state index contributed by atoms with van der Waals surface area (Å²) in [6.07, 6.45) is 4.31. The van der Waals surface area contributed by atoms with E-state index in [1.54, 1.807) is 12.4 Å². The first kappa shape index (κ1) is 20.9. The molecule has 4 nitrogen and oxygen atoms in total. The Balaban J connectivity index is 0.00000131. The van der Waals surface area contributed by atoms with Gasteiger partial charge in [0.1, 0.15) is 0 Å². The molecule has 138 valence electrons. The van der Waals surface area contributed by atoms with E-state index in [2.05, 4.69) is 32.6 Å². The first-order chi connectivity index (χ1) is 12.3. The van der Waals surface area contributed by atoms with Crippen LogP contribution in [-0.4, -0.2) is 15.2 Å². The summed E-state index contributed by atoms with van der Waals surface area (Å²) in [4.78, 5) is 4.06. The van der Waals surface area contributed by atoms with Gasteiger partial charge in [-0.3, -0.25) is 4.98 Å². The van der Waals surface area contributed by atoms with Crippen LogP contribution in [0.25, 0.3) is 10.8 Å². The summed E-state index contributed by atoms with van der Waals surface area (Å²) >= 11 is 5.95. The predicted molar refractivity (Wildman–Crippen MR) is 116 cm³/mol. The van der Waals surface area contributed by atoms with E-state index in [1.165, 1.54) is 0 Å². The Labute approximate surface area is 174 Å². The molecule has 0 radical (unpaired) electrons. The number of hydrogen-bond acceptors (Lipinski definition) is 4. The van der Waals surface area contributed by atoms with Gasteiger partial charge >= 0.3 is 0 Å². The third-order valence-corrected chi connectivity index (χ3v) is 4.24. The van der Waals surface area contributed by atoms with Crippen molar-refractivity contribution in [2.75, 3.05) is 5.32 Å². The van der Waals surface area contributed by atoms with Crippen molar-refractivity contribution in [2.24, 2.45) is 0 Å². The molecular weight excluding hydrogens is 403 g/mol. The maximum atomic E-state index is 5.95. The molecule has 0 atom stereocenters. The molecule has 0 aliphatic heterocycles. The van der Waals surface area contributed by atoms with Gasteiger partial charge in [0.2, 0.25) is 0 Å². The second-order valence-corrected chi connectivity index (χ2v) is 6.14. The number of anilines is 2. The Morgan fingerprint density at radius 1 is 0.778 bits per heavy atom. The van der Waals surface area contributed by atoms with Gasteiger partial charge in [0.25, 0.3) is 0 Å². The smallest absolute Gasteiger partial charge is 0.160 e. The molecule has 0 aliphatic carbocycles. The number of nitrogens with zero attached hydrogens (tertiary/aromatic N) is 3. The molecule has 0 saturated heterocycles. The molecule has 2 aromatic heterocycles. The predicted octanol–water partition coefficient (Wildman–Crippen LogP) is 5.86. The lowest BCUT2D eigenvalue weighted by Crippen LogP contribution is -2.02. The fourth-order valence-corrected chi connectivity index (χ4v) is 2.87. The third-order valence-electron chi connectivity index (χ3n) is 3.99. The Hall–Kier alpha value is -2.40. The Bertz CT molecular complexity index is 1010. The van der Waals surface area contributed by atoms with Gasteiger partial charge < -0.3 is 5.32 Å². The van der Waals surface area contributed by atoms with Crippen molar-refractivity contribution in [2.45, 2.75) is 6.42 Å². The molecule has 2 heterocycles. The number of halogens is 3. The summed E-state index contributed by atoms with van der Waals surface area (Å²) in [7, 11) is 0. The van der Waals surface area contributed by atoms with Gasteiger partial charge in [0.15, 0.2) is 5.82 Å². The summed E-state index contributed by atoms with van der Waals surface area (Å²) in [5.41, 5.74) is 3.03. The number of hydrogen-bond donors (Lipinski definition) is 1. The zero-order valence-electron chi connectivity index (χ0n) is 14.2. The van der Waals surface area contributed by atoms with Crippen LogP contribution >= 0.6 is 36.4 Å². The first-order valence-electron chi connectivity index (χ1n) is 7.95. The summed E-state index contributed by atoms with van der Waals surface area (Å²) < 4.78 is 0. The van der Waals surface area contributed by atoms with Crippen LogP contribution in [0, 0.1) is 0 Å². The van der Waals surface area contributed by atoms with Gasteiger partial charge in [0, 0.05) is 40.3 Å². The maximum Gasteiger partial charge on any atom is 0.160 e. The molecule has 7 heteroatoms. The standard InChI is InChI=1S/C20H15ClN4.2ClH/c21-15-5-7-16(8-6-15)23-20-18-4-2-1-3-17(18)19(24-25-20)13-14-9-11-22-12-10-14;;/h1-12H,13H2,(H,23,25);2*1H. The van der Waals surface area contributed by atoms with Crippen molar-refractivity contribution in [1.82, 2.24) is 15.2 Å². The van der Waals surface area contributed by atoms with Gasteiger partial charge in [-0.2, -0.15) is 5.10 Å². The summed E-state index contributed by atoms with van der Waals surface area (Å²) in [6, 6.07) is 19.7. The van der Waals surface area contributed by atoms with Crippen LogP contribution in [-0.2, 0) is 6.42 Å². The van der Waals surface area contributed by atoms with Crippen LogP contribution in [0.4, 0.5) is 11.5 Å². The quantitative estimate of drug-likeness (QED) is 0.450. The van der Waals surface area contributed by atoms with Gasteiger partial charge in [-0.15, -0.1) is 29.9 Å². The van der Waals surface area contributed by atoms with Gasteiger partial charge in [0.05, 0.1) is 5.69 Å².